The molecule has 1 aromatic rings. The number of hydrogen-bond acceptors (Lipinski definition) is 4. The predicted molar refractivity (Wildman–Crippen MR) is 77.2 cm³/mol. The van der Waals surface area contributed by atoms with Crippen molar-refractivity contribution in [3.8, 4) is 0 Å². The van der Waals surface area contributed by atoms with E-state index in [9.17, 15) is 9.59 Å². The van der Waals surface area contributed by atoms with E-state index in [4.69, 9.17) is 11.6 Å². The zero-order chi connectivity index (χ0) is 15.0. The fraction of sp³-hybridized carbons (Fsp3) is 0.333. The standard InChI is InChI=1S/C15H17ClO4/c1-19-14(17)10-12(15(18)20-2)5-3-4-11-6-8-13(16)9-7-11/h3-4,6-9,12H,5,10H2,1-2H3/b4-3+. The first-order chi connectivity index (χ1) is 9.56. The van der Waals surface area contributed by atoms with Crippen LogP contribution in [0.25, 0.3) is 6.08 Å². The number of hydrogen-bond donors (Lipinski definition) is 0. The van der Waals surface area contributed by atoms with Crippen molar-refractivity contribution in [3.63, 3.8) is 0 Å². The van der Waals surface area contributed by atoms with Crippen LogP contribution in [0.1, 0.15) is 18.4 Å². The smallest absolute Gasteiger partial charge is 0.309 e. The van der Waals surface area contributed by atoms with Gasteiger partial charge in [-0.3, -0.25) is 9.59 Å². The summed E-state index contributed by atoms with van der Waals surface area (Å²) in [5, 5.41) is 0.667. The SMILES string of the molecule is COC(=O)CC(C/C=C/c1ccc(Cl)cc1)C(=O)OC. The Morgan fingerprint density at radius 1 is 1.20 bits per heavy atom. The highest BCUT2D eigenvalue weighted by Gasteiger charge is 2.21. The molecule has 1 rings (SSSR count). The second-order valence-electron chi connectivity index (χ2n) is 4.19. The summed E-state index contributed by atoms with van der Waals surface area (Å²) in [4.78, 5) is 22.8. The summed E-state index contributed by atoms with van der Waals surface area (Å²) in [6.45, 7) is 0. The molecule has 0 aromatic heterocycles. The molecule has 1 unspecified atom stereocenters. The average Bonchev–Trinajstić information content (AvgIpc) is 2.47. The number of carbonyl (C=O) groups excluding carboxylic acids is 2. The minimum absolute atomic E-state index is 0.00807. The van der Waals surface area contributed by atoms with E-state index in [1.807, 2.05) is 24.3 Å². The Balaban J connectivity index is 2.63. The van der Waals surface area contributed by atoms with Crippen LogP contribution in [0.3, 0.4) is 0 Å². The fourth-order valence-corrected chi connectivity index (χ4v) is 1.78. The summed E-state index contributed by atoms with van der Waals surface area (Å²) >= 11 is 5.79. The number of esters is 2. The number of rotatable bonds is 6. The van der Waals surface area contributed by atoms with E-state index in [1.54, 1.807) is 12.1 Å². The summed E-state index contributed by atoms with van der Waals surface area (Å²) < 4.78 is 9.25. The van der Waals surface area contributed by atoms with Crippen LogP contribution in [0.4, 0.5) is 0 Å². The molecule has 1 atom stereocenters. The molecule has 4 nitrogen and oxygen atoms in total. The van der Waals surface area contributed by atoms with E-state index < -0.39 is 17.9 Å². The van der Waals surface area contributed by atoms with E-state index in [2.05, 4.69) is 9.47 Å². The molecule has 0 saturated carbocycles. The number of benzene rings is 1. The first kappa shape index (κ1) is 16.2. The normalized spacial score (nSPS) is 12.2. The van der Waals surface area contributed by atoms with Gasteiger partial charge >= 0.3 is 11.9 Å². The lowest BCUT2D eigenvalue weighted by Crippen LogP contribution is -2.20. The van der Waals surface area contributed by atoms with Crippen molar-refractivity contribution in [1.82, 2.24) is 0 Å². The third-order valence-corrected chi connectivity index (χ3v) is 3.03. The minimum atomic E-state index is -0.531. The van der Waals surface area contributed by atoms with Crippen molar-refractivity contribution >= 4 is 29.6 Å². The topological polar surface area (TPSA) is 52.6 Å². The molecule has 108 valence electrons. The monoisotopic (exact) mass is 296 g/mol. The Hall–Kier alpha value is -1.81. The fourth-order valence-electron chi connectivity index (χ4n) is 1.66. The molecule has 20 heavy (non-hydrogen) atoms. The first-order valence-electron chi connectivity index (χ1n) is 6.13. The molecule has 0 fully saturated rings. The summed E-state index contributed by atoms with van der Waals surface area (Å²) in [5.41, 5.74) is 0.969. The predicted octanol–water partition coefficient (Wildman–Crippen LogP) is 3.10. The highest BCUT2D eigenvalue weighted by molar-refractivity contribution is 6.30. The maximum absolute atomic E-state index is 11.6. The zero-order valence-electron chi connectivity index (χ0n) is 11.5. The molecule has 5 heteroatoms. The van der Waals surface area contributed by atoms with Gasteiger partial charge in [0.2, 0.25) is 0 Å². The van der Waals surface area contributed by atoms with Crippen LogP contribution in [-0.4, -0.2) is 26.2 Å². The largest absolute Gasteiger partial charge is 0.469 e. The van der Waals surface area contributed by atoms with Gasteiger partial charge in [0.05, 0.1) is 26.6 Å². The van der Waals surface area contributed by atoms with Crippen molar-refractivity contribution in [1.29, 1.82) is 0 Å². The van der Waals surface area contributed by atoms with Crippen LogP contribution in [-0.2, 0) is 19.1 Å². The van der Waals surface area contributed by atoms with Crippen molar-refractivity contribution in [2.45, 2.75) is 12.8 Å². The lowest BCUT2D eigenvalue weighted by atomic mass is 10.0. The summed E-state index contributed by atoms with van der Waals surface area (Å²) in [7, 11) is 2.59. The maximum atomic E-state index is 11.6. The van der Waals surface area contributed by atoms with Gasteiger partial charge in [-0.2, -0.15) is 0 Å². The van der Waals surface area contributed by atoms with Gasteiger partial charge in [0.25, 0.3) is 0 Å². The van der Waals surface area contributed by atoms with Crippen molar-refractivity contribution in [2.24, 2.45) is 5.92 Å². The van der Waals surface area contributed by atoms with Crippen molar-refractivity contribution in [2.75, 3.05) is 14.2 Å². The third-order valence-electron chi connectivity index (χ3n) is 2.78. The van der Waals surface area contributed by atoms with E-state index in [0.717, 1.165) is 5.56 Å². The number of halogens is 1. The van der Waals surface area contributed by atoms with E-state index >= 15 is 0 Å². The molecule has 0 N–H and O–H groups in total. The number of allylic oxidation sites excluding steroid dienone is 1. The Kier molecular flexibility index (Phi) is 6.81. The summed E-state index contributed by atoms with van der Waals surface area (Å²) in [6, 6.07) is 7.31. The van der Waals surface area contributed by atoms with Gasteiger partial charge in [0.1, 0.15) is 0 Å². The number of methoxy groups -OCH3 is 2. The molecular formula is C15H17ClO4. The molecule has 0 aliphatic rings. The second kappa shape index (κ2) is 8.38. The highest BCUT2D eigenvalue weighted by Crippen LogP contribution is 2.15. The Morgan fingerprint density at radius 3 is 2.40 bits per heavy atom. The molecule has 0 heterocycles. The van der Waals surface area contributed by atoms with Crippen LogP contribution in [0.2, 0.25) is 5.02 Å². The van der Waals surface area contributed by atoms with E-state index in [1.165, 1.54) is 14.2 Å². The summed E-state index contributed by atoms with van der Waals surface area (Å²) in [5.74, 6) is -1.38. The average molecular weight is 297 g/mol. The molecule has 0 aliphatic carbocycles. The number of carbonyl (C=O) groups is 2. The van der Waals surface area contributed by atoms with Gasteiger partial charge in [-0.05, 0) is 24.1 Å². The lowest BCUT2D eigenvalue weighted by Gasteiger charge is -2.10. The second-order valence-corrected chi connectivity index (χ2v) is 4.63. The van der Waals surface area contributed by atoms with Crippen LogP contribution in [0.5, 0.6) is 0 Å². The Labute approximate surface area is 123 Å². The lowest BCUT2D eigenvalue weighted by molar-refractivity contribution is -0.151. The van der Waals surface area contributed by atoms with Gasteiger partial charge < -0.3 is 9.47 Å². The van der Waals surface area contributed by atoms with Gasteiger partial charge in [0, 0.05) is 5.02 Å². The van der Waals surface area contributed by atoms with Crippen LogP contribution in [0.15, 0.2) is 30.3 Å². The zero-order valence-corrected chi connectivity index (χ0v) is 12.2. The van der Waals surface area contributed by atoms with Gasteiger partial charge in [-0.15, -0.1) is 0 Å². The molecule has 0 radical (unpaired) electrons. The molecule has 0 spiro atoms. The Morgan fingerprint density at radius 2 is 1.85 bits per heavy atom. The van der Waals surface area contributed by atoms with E-state index in [0.29, 0.717) is 11.4 Å². The van der Waals surface area contributed by atoms with Crippen LogP contribution < -0.4 is 0 Å². The molecule has 1 aromatic carbocycles. The van der Waals surface area contributed by atoms with E-state index in [-0.39, 0.29) is 6.42 Å². The summed E-state index contributed by atoms with van der Waals surface area (Å²) in [6.07, 6.45) is 4.11. The quantitative estimate of drug-likeness (QED) is 0.757. The first-order valence-corrected chi connectivity index (χ1v) is 6.51. The van der Waals surface area contributed by atoms with Gasteiger partial charge in [-0.1, -0.05) is 35.9 Å². The molecule has 0 aliphatic heterocycles. The molecule has 0 saturated heterocycles. The minimum Gasteiger partial charge on any atom is -0.469 e. The van der Waals surface area contributed by atoms with Crippen LogP contribution in [0, 0.1) is 5.92 Å². The highest BCUT2D eigenvalue weighted by atomic mass is 35.5. The van der Waals surface area contributed by atoms with Gasteiger partial charge in [0.15, 0.2) is 0 Å². The maximum Gasteiger partial charge on any atom is 0.309 e. The van der Waals surface area contributed by atoms with Crippen molar-refractivity contribution in [3.05, 3.63) is 40.9 Å². The Bertz CT molecular complexity index is 479. The molecule has 0 bridgehead atoms. The number of ether oxygens (including phenoxy) is 2. The molecular weight excluding hydrogens is 280 g/mol. The van der Waals surface area contributed by atoms with Gasteiger partial charge in [-0.25, -0.2) is 0 Å². The third kappa shape index (κ3) is 5.45. The molecule has 0 amide bonds. The van der Waals surface area contributed by atoms with Crippen molar-refractivity contribution < 1.29 is 19.1 Å². The van der Waals surface area contributed by atoms with Crippen LogP contribution >= 0.6 is 11.6 Å².